The Bertz CT molecular complexity index is 326. The van der Waals surface area contributed by atoms with Crippen LogP contribution < -0.4 is 5.32 Å². The molecule has 0 radical (unpaired) electrons. The number of nitriles is 1. The number of nitrogens with one attached hydrogen (secondary N) is 1. The number of ether oxygens (including phenoxy) is 1. The van der Waals surface area contributed by atoms with Gasteiger partial charge in [0.15, 0.2) is 0 Å². The SMILES string of the molecule is CC1(C)NC(C)(C)C(N2CCOCC2)C1C#N. The van der Waals surface area contributed by atoms with Crippen molar-refractivity contribution < 1.29 is 4.74 Å². The van der Waals surface area contributed by atoms with E-state index < -0.39 is 0 Å². The number of morpholine rings is 1. The van der Waals surface area contributed by atoms with E-state index in [0.29, 0.717) is 0 Å². The van der Waals surface area contributed by atoms with Gasteiger partial charge < -0.3 is 10.1 Å². The van der Waals surface area contributed by atoms with Gasteiger partial charge in [-0.25, -0.2) is 0 Å². The molecule has 2 fully saturated rings. The topological polar surface area (TPSA) is 48.3 Å². The first kappa shape index (κ1) is 12.8. The predicted octanol–water partition coefficient (Wildman–Crippen LogP) is 0.987. The van der Waals surface area contributed by atoms with Crippen LogP contribution in [0.4, 0.5) is 0 Å². The summed E-state index contributed by atoms with van der Waals surface area (Å²) in [7, 11) is 0. The maximum Gasteiger partial charge on any atom is 0.0812 e. The van der Waals surface area contributed by atoms with Crippen molar-refractivity contribution in [3.8, 4) is 6.07 Å². The van der Waals surface area contributed by atoms with E-state index in [0.717, 1.165) is 26.3 Å². The van der Waals surface area contributed by atoms with E-state index in [-0.39, 0.29) is 23.0 Å². The van der Waals surface area contributed by atoms with Crippen LogP contribution in [0.3, 0.4) is 0 Å². The molecule has 2 heterocycles. The third kappa shape index (κ3) is 2.20. The Morgan fingerprint density at radius 1 is 1.18 bits per heavy atom. The molecule has 0 bridgehead atoms. The van der Waals surface area contributed by atoms with E-state index in [1.165, 1.54) is 0 Å². The molecule has 0 aliphatic carbocycles. The lowest BCUT2D eigenvalue weighted by atomic mass is 9.82. The van der Waals surface area contributed by atoms with Crippen LogP contribution in [0.25, 0.3) is 0 Å². The van der Waals surface area contributed by atoms with Gasteiger partial charge in [0.05, 0.1) is 25.2 Å². The smallest absolute Gasteiger partial charge is 0.0812 e. The molecule has 17 heavy (non-hydrogen) atoms. The Morgan fingerprint density at radius 2 is 1.76 bits per heavy atom. The predicted molar refractivity (Wildman–Crippen MR) is 66.6 cm³/mol. The molecule has 0 saturated carbocycles. The average molecular weight is 237 g/mol. The van der Waals surface area contributed by atoms with Crippen molar-refractivity contribution in [3.63, 3.8) is 0 Å². The molecule has 4 nitrogen and oxygen atoms in total. The molecule has 0 aromatic carbocycles. The minimum Gasteiger partial charge on any atom is -0.379 e. The minimum atomic E-state index is -0.124. The number of hydrogen-bond acceptors (Lipinski definition) is 4. The summed E-state index contributed by atoms with van der Waals surface area (Å²) in [4.78, 5) is 2.42. The number of rotatable bonds is 1. The molecule has 96 valence electrons. The lowest BCUT2D eigenvalue weighted by Gasteiger charge is -2.40. The van der Waals surface area contributed by atoms with E-state index in [2.05, 4.69) is 44.0 Å². The van der Waals surface area contributed by atoms with E-state index in [1.54, 1.807) is 0 Å². The molecule has 2 rings (SSSR count). The van der Waals surface area contributed by atoms with Gasteiger partial charge in [-0.05, 0) is 27.7 Å². The second kappa shape index (κ2) is 4.24. The quantitative estimate of drug-likeness (QED) is 0.739. The third-order valence-corrected chi connectivity index (χ3v) is 4.06. The lowest BCUT2D eigenvalue weighted by molar-refractivity contribution is -0.000978. The van der Waals surface area contributed by atoms with Crippen molar-refractivity contribution in [2.45, 2.75) is 44.8 Å². The van der Waals surface area contributed by atoms with Gasteiger partial charge in [0.25, 0.3) is 0 Å². The minimum absolute atomic E-state index is 0.0237. The summed E-state index contributed by atoms with van der Waals surface area (Å²) in [5, 5.41) is 13.1. The number of nitrogens with zero attached hydrogens (tertiary/aromatic N) is 2. The highest BCUT2D eigenvalue weighted by atomic mass is 16.5. The Hall–Kier alpha value is -0.630. The van der Waals surface area contributed by atoms with Gasteiger partial charge >= 0.3 is 0 Å². The molecule has 2 atom stereocenters. The first-order valence-corrected chi connectivity index (χ1v) is 6.39. The Morgan fingerprint density at radius 3 is 2.29 bits per heavy atom. The van der Waals surface area contributed by atoms with Crippen LogP contribution in [0.5, 0.6) is 0 Å². The largest absolute Gasteiger partial charge is 0.379 e. The molecule has 2 aliphatic heterocycles. The highest BCUT2D eigenvalue weighted by Gasteiger charge is 2.54. The van der Waals surface area contributed by atoms with E-state index >= 15 is 0 Å². The molecular weight excluding hydrogens is 214 g/mol. The summed E-state index contributed by atoms with van der Waals surface area (Å²) in [5.41, 5.74) is -0.150. The zero-order valence-electron chi connectivity index (χ0n) is 11.3. The summed E-state index contributed by atoms with van der Waals surface area (Å²) in [6.45, 7) is 12.1. The van der Waals surface area contributed by atoms with E-state index in [1.807, 2.05) is 0 Å². The zero-order valence-corrected chi connectivity index (χ0v) is 11.3. The van der Waals surface area contributed by atoms with Crippen molar-refractivity contribution in [3.05, 3.63) is 0 Å². The van der Waals surface area contributed by atoms with Crippen molar-refractivity contribution in [2.24, 2.45) is 5.92 Å². The molecule has 0 amide bonds. The summed E-state index contributed by atoms with van der Waals surface area (Å²) < 4.78 is 5.40. The molecule has 0 aromatic rings. The summed E-state index contributed by atoms with van der Waals surface area (Å²) >= 11 is 0. The molecule has 2 saturated heterocycles. The van der Waals surface area contributed by atoms with Gasteiger partial charge in [0.1, 0.15) is 0 Å². The van der Waals surface area contributed by atoms with Crippen molar-refractivity contribution in [1.29, 1.82) is 5.26 Å². The standard InChI is InChI=1S/C13H23N3O/c1-12(2)10(9-14)11(13(3,4)15-12)16-5-7-17-8-6-16/h10-11,15H,5-8H2,1-4H3. The molecule has 2 aliphatic rings. The maximum atomic E-state index is 9.49. The highest BCUT2D eigenvalue weighted by molar-refractivity contribution is 5.19. The summed E-state index contributed by atoms with van der Waals surface area (Å²) in [5.74, 6) is 0.0237. The first-order valence-electron chi connectivity index (χ1n) is 6.39. The van der Waals surface area contributed by atoms with Crippen LogP contribution in [-0.2, 0) is 4.74 Å². The van der Waals surface area contributed by atoms with Gasteiger partial charge in [0.2, 0.25) is 0 Å². The van der Waals surface area contributed by atoms with Gasteiger partial charge in [-0.15, -0.1) is 0 Å². The molecule has 2 unspecified atom stereocenters. The average Bonchev–Trinajstić information content (AvgIpc) is 2.43. The van der Waals surface area contributed by atoms with Crippen LogP contribution >= 0.6 is 0 Å². The van der Waals surface area contributed by atoms with Crippen LogP contribution in [0.2, 0.25) is 0 Å². The van der Waals surface area contributed by atoms with Gasteiger partial charge in [-0.2, -0.15) is 5.26 Å². The normalized spacial score (nSPS) is 36.6. The van der Waals surface area contributed by atoms with E-state index in [9.17, 15) is 5.26 Å². The Kier molecular flexibility index (Phi) is 3.19. The molecule has 1 N–H and O–H groups in total. The summed E-state index contributed by atoms with van der Waals surface area (Å²) in [6.07, 6.45) is 0. The zero-order chi connectivity index (χ0) is 12.7. The van der Waals surface area contributed by atoms with Crippen molar-refractivity contribution in [2.75, 3.05) is 26.3 Å². The molecule has 0 aromatic heterocycles. The van der Waals surface area contributed by atoms with Crippen LogP contribution in [0, 0.1) is 17.2 Å². The fourth-order valence-corrected chi connectivity index (χ4v) is 3.55. The molecule has 4 heteroatoms. The fourth-order valence-electron chi connectivity index (χ4n) is 3.55. The first-order chi connectivity index (χ1) is 7.88. The Labute approximate surface area is 104 Å². The lowest BCUT2D eigenvalue weighted by Crippen LogP contribution is -2.55. The van der Waals surface area contributed by atoms with Crippen LogP contribution in [0.1, 0.15) is 27.7 Å². The maximum absolute atomic E-state index is 9.49. The summed E-state index contributed by atoms with van der Waals surface area (Å²) in [6, 6.07) is 2.78. The van der Waals surface area contributed by atoms with Gasteiger partial charge in [0, 0.05) is 30.2 Å². The molecular formula is C13H23N3O. The van der Waals surface area contributed by atoms with Crippen LogP contribution in [-0.4, -0.2) is 48.3 Å². The van der Waals surface area contributed by atoms with Gasteiger partial charge in [-0.3, -0.25) is 4.90 Å². The van der Waals surface area contributed by atoms with Crippen molar-refractivity contribution in [1.82, 2.24) is 10.2 Å². The van der Waals surface area contributed by atoms with Gasteiger partial charge in [-0.1, -0.05) is 0 Å². The highest BCUT2D eigenvalue weighted by Crippen LogP contribution is 2.39. The Balaban J connectivity index is 2.26. The van der Waals surface area contributed by atoms with Crippen LogP contribution in [0.15, 0.2) is 0 Å². The number of hydrogen-bond donors (Lipinski definition) is 1. The monoisotopic (exact) mass is 237 g/mol. The third-order valence-electron chi connectivity index (χ3n) is 4.06. The van der Waals surface area contributed by atoms with Crippen molar-refractivity contribution >= 4 is 0 Å². The second-order valence-electron chi connectivity index (χ2n) is 6.27. The fraction of sp³-hybridized carbons (Fsp3) is 0.923. The van der Waals surface area contributed by atoms with E-state index in [4.69, 9.17) is 4.74 Å². The second-order valence-corrected chi connectivity index (χ2v) is 6.27. The molecule has 0 spiro atoms.